The van der Waals surface area contributed by atoms with E-state index < -0.39 is 55.9 Å². The molecule has 6 aromatic rings. The van der Waals surface area contributed by atoms with E-state index in [2.05, 4.69) is 9.47 Å². The molecule has 52 heavy (non-hydrogen) atoms. The van der Waals surface area contributed by atoms with Gasteiger partial charge in [-0.3, -0.25) is 0 Å². The van der Waals surface area contributed by atoms with Crippen molar-refractivity contribution in [3.05, 3.63) is 120 Å². The molecule has 18 heteroatoms. The van der Waals surface area contributed by atoms with Crippen LogP contribution in [0.3, 0.4) is 0 Å². The maximum absolute atomic E-state index is 13.3. The fourth-order valence-electron chi connectivity index (χ4n) is 5.06. The first kappa shape index (κ1) is 43.2. The van der Waals surface area contributed by atoms with Crippen molar-refractivity contribution in [3.63, 3.8) is 0 Å². The molecule has 0 atom stereocenters. The molecule has 0 amide bonds. The fraction of sp³-hybridized carbons (Fsp3) is 0.118. The topological polar surface area (TPSA) is 167 Å². The molecular weight excluding hydrogens is 754 g/mol. The molecule has 0 radical (unpaired) electrons. The standard InChI is InChI=1S/2C17H12F2O5S.2Na/c2*18-17(19,25(21,22)23)10-24-16(20)15-13-7-3-1-5-11(13)9-12-6-2-4-8-14(12)15;;/h2*1-9H,10H2,(H,21,22,23);;/q;;2*+1/p-2. The zero-order chi connectivity index (χ0) is 36.5. The average molecular weight is 777 g/mol. The van der Waals surface area contributed by atoms with Crippen molar-refractivity contribution in [2.24, 2.45) is 0 Å². The second-order valence-corrected chi connectivity index (χ2v) is 13.7. The van der Waals surface area contributed by atoms with Crippen LogP contribution in [0.25, 0.3) is 43.1 Å². The van der Waals surface area contributed by atoms with Gasteiger partial charge in [-0.2, -0.15) is 17.6 Å². The van der Waals surface area contributed by atoms with Gasteiger partial charge in [0.1, 0.15) is 0 Å². The van der Waals surface area contributed by atoms with Crippen LogP contribution in [0.4, 0.5) is 17.6 Å². The number of fused-ring (bicyclic) bond motifs is 4. The number of hydrogen-bond donors (Lipinski definition) is 0. The Bertz CT molecular complexity index is 2230. The van der Waals surface area contributed by atoms with Crippen molar-refractivity contribution in [1.82, 2.24) is 0 Å². The molecule has 10 nitrogen and oxygen atoms in total. The van der Waals surface area contributed by atoms with Crippen LogP contribution in [0.15, 0.2) is 109 Å². The number of hydrogen-bond acceptors (Lipinski definition) is 10. The van der Waals surface area contributed by atoms with Gasteiger partial charge in [0.2, 0.25) is 0 Å². The fourth-order valence-corrected chi connectivity index (χ4v) is 5.46. The molecular formula is C34H22F4Na2O10S2. The van der Waals surface area contributed by atoms with Gasteiger partial charge in [0.15, 0.2) is 33.5 Å². The summed E-state index contributed by atoms with van der Waals surface area (Å²) < 4.78 is 125. The SMILES string of the molecule is O=C(OCC(F)(F)S(=O)(=O)[O-])c1c2ccccc2cc2ccccc12.O=C(OCC(F)(F)S(=O)(=O)[O-])c1c2ccccc2cc2ccccc12.[Na+].[Na+]. The Morgan fingerprint density at radius 3 is 0.962 bits per heavy atom. The number of carbonyl (C=O) groups excluding carboxylic acids is 2. The molecule has 0 fully saturated rings. The molecule has 6 rings (SSSR count). The first-order valence-corrected chi connectivity index (χ1v) is 17.0. The molecule has 0 heterocycles. The first-order valence-electron chi connectivity index (χ1n) is 14.2. The summed E-state index contributed by atoms with van der Waals surface area (Å²) in [6.07, 6.45) is 0. The molecule has 6 aromatic carbocycles. The minimum absolute atomic E-state index is 0. The van der Waals surface area contributed by atoms with E-state index in [4.69, 9.17) is 0 Å². The normalized spacial score (nSPS) is 12.0. The van der Waals surface area contributed by atoms with E-state index in [9.17, 15) is 53.1 Å². The largest absolute Gasteiger partial charge is 1.00 e. The zero-order valence-corrected chi connectivity index (χ0v) is 32.9. The van der Waals surface area contributed by atoms with Gasteiger partial charge < -0.3 is 18.6 Å². The molecule has 0 aliphatic carbocycles. The summed E-state index contributed by atoms with van der Waals surface area (Å²) in [5.74, 6) is -2.26. The summed E-state index contributed by atoms with van der Waals surface area (Å²) in [6.45, 7) is -3.68. The van der Waals surface area contributed by atoms with Crippen molar-refractivity contribution in [2.45, 2.75) is 10.5 Å². The summed E-state index contributed by atoms with van der Waals surface area (Å²) in [7, 11) is -11.9. The van der Waals surface area contributed by atoms with Crippen LogP contribution in [-0.2, 0) is 29.7 Å². The van der Waals surface area contributed by atoms with Gasteiger partial charge in [0.25, 0.3) is 0 Å². The molecule has 0 bridgehead atoms. The smallest absolute Gasteiger partial charge is 0.743 e. The molecule has 0 aromatic heterocycles. The van der Waals surface area contributed by atoms with Crippen LogP contribution in [0.5, 0.6) is 0 Å². The van der Waals surface area contributed by atoms with Gasteiger partial charge in [-0.25, -0.2) is 26.4 Å². The Hall–Kier alpha value is -3.16. The van der Waals surface area contributed by atoms with Crippen LogP contribution in [0.1, 0.15) is 20.7 Å². The predicted octanol–water partition coefficient (Wildman–Crippen LogP) is 0.584. The average Bonchev–Trinajstić information content (AvgIpc) is 3.06. The maximum Gasteiger partial charge on any atom is 1.00 e. The van der Waals surface area contributed by atoms with E-state index in [0.29, 0.717) is 43.1 Å². The van der Waals surface area contributed by atoms with E-state index in [-0.39, 0.29) is 70.2 Å². The summed E-state index contributed by atoms with van der Waals surface area (Å²) in [5.41, 5.74) is 0.0700. The van der Waals surface area contributed by atoms with Gasteiger partial charge in [-0.1, -0.05) is 97.1 Å². The Labute approximate surface area is 338 Å². The molecule has 0 saturated carbocycles. The van der Waals surface area contributed by atoms with Crippen molar-refractivity contribution < 1.29 is 122 Å². The van der Waals surface area contributed by atoms with E-state index in [1.807, 2.05) is 12.1 Å². The Balaban J connectivity index is 0.000000270. The minimum atomic E-state index is -5.93. The first-order chi connectivity index (χ1) is 23.4. The number of rotatable bonds is 8. The number of alkyl halides is 4. The number of ether oxygens (including phenoxy) is 2. The summed E-state index contributed by atoms with van der Waals surface area (Å²) in [4.78, 5) is 24.8. The Morgan fingerprint density at radius 2 is 0.731 bits per heavy atom. The predicted molar refractivity (Wildman–Crippen MR) is 173 cm³/mol. The van der Waals surface area contributed by atoms with Gasteiger partial charge in [0.05, 0.1) is 11.1 Å². The van der Waals surface area contributed by atoms with Gasteiger partial charge in [-0.15, -0.1) is 0 Å². The third kappa shape index (κ3) is 9.31. The zero-order valence-electron chi connectivity index (χ0n) is 27.2. The van der Waals surface area contributed by atoms with E-state index in [1.54, 1.807) is 97.1 Å². The number of benzene rings is 6. The number of carbonyl (C=O) groups is 2. The third-order valence-corrected chi connectivity index (χ3v) is 9.12. The molecule has 0 unspecified atom stereocenters. The second kappa shape index (κ2) is 16.9. The van der Waals surface area contributed by atoms with Crippen molar-refractivity contribution in [2.75, 3.05) is 13.2 Å². The molecule has 0 spiro atoms. The minimum Gasteiger partial charge on any atom is -0.743 e. The second-order valence-electron chi connectivity index (χ2n) is 10.7. The van der Waals surface area contributed by atoms with Gasteiger partial charge in [0, 0.05) is 0 Å². The summed E-state index contributed by atoms with van der Waals surface area (Å²) in [5, 5.41) is -4.73. The van der Waals surface area contributed by atoms with Crippen molar-refractivity contribution >= 4 is 75.3 Å². The number of halogens is 4. The third-order valence-electron chi connectivity index (χ3n) is 7.42. The van der Waals surface area contributed by atoms with Crippen LogP contribution < -0.4 is 59.1 Å². The molecule has 0 aliphatic rings. The van der Waals surface area contributed by atoms with Crippen LogP contribution in [0, 0.1) is 0 Å². The van der Waals surface area contributed by atoms with Crippen molar-refractivity contribution in [3.8, 4) is 0 Å². The quantitative estimate of drug-likeness (QED) is 0.0702. The van der Waals surface area contributed by atoms with Crippen LogP contribution in [-0.4, -0.2) is 61.6 Å². The Morgan fingerprint density at radius 1 is 0.500 bits per heavy atom. The monoisotopic (exact) mass is 776 g/mol. The van der Waals surface area contributed by atoms with Crippen molar-refractivity contribution in [1.29, 1.82) is 0 Å². The van der Waals surface area contributed by atoms with Crippen LogP contribution in [0.2, 0.25) is 0 Å². The summed E-state index contributed by atoms with van der Waals surface area (Å²) in [6, 6.07) is 30.8. The van der Waals surface area contributed by atoms with E-state index >= 15 is 0 Å². The molecule has 0 saturated heterocycles. The molecule has 0 aliphatic heterocycles. The van der Waals surface area contributed by atoms with Gasteiger partial charge >= 0.3 is 81.6 Å². The number of esters is 2. The van der Waals surface area contributed by atoms with Gasteiger partial charge in [-0.05, 0) is 55.2 Å². The van der Waals surface area contributed by atoms with Crippen LogP contribution >= 0.6 is 0 Å². The Kier molecular flexibility index (Phi) is 14.0. The van der Waals surface area contributed by atoms with E-state index in [0.717, 1.165) is 0 Å². The maximum atomic E-state index is 13.3. The van der Waals surface area contributed by atoms with E-state index in [1.165, 1.54) is 0 Å². The molecule has 0 N–H and O–H groups in total. The molecule has 260 valence electrons. The summed E-state index contributed by atoms with van der Waals surface area (Å²) >= 11 is 0.